The van der Waals surface area contributed by atoms with E-state index in [2.05, 4.69) is 9.88 Å². The van der Waals surface area contributed by atoms with Crippen LogP contribution in [0.15, 0.2) is 54.7 Å². The van der Waals surface area contributed by atoms with Crippen LogP contribution in [0.25, 0.3) is 5.65 Å². The van der Waals surface area contributed by atoms with E-state index in [0.717, 1.165) is 49.6 Å². The van der Waals surface area contributed by atoms with Gasteiger partial charge < -0.3 is 14.0 Å². The smallest absolute Gasteiger partial charge is 0.274 e. The van der Waals surface area contributed by atoms with Crippen molar-refractivity contribution >= 4 is 11.6 Å². The van der Waals surface area contributed by atoms with Crippen molar-refractivity contribution in [3.63, 3.8) is 0 Å². The Morgan fingerprint density at radius 1 is 1.11 bits per heavy atom. The van der Waals surface area contributed by atoms with E-state index in [0.29, 0.717) is 18.8 Å². The number of aromatic nitrogens is 2. The molecule has 0 unspecified atom stereocenters. The summed E-state index contributed by atoms with van der Waals surface area (Å²) < 4.78 is 7.61. The van der Waals surface area contributed by atoms with E-state index >= 15 is 0 Å². The number of carbonyl (C=O) groups excluding carboxylic acids is 1. The number of hydrogen-bond donors (Lipinski definition) is 0. The van der Waals surface area contributed by atoms with E-state index in [1.54, 1.807) is 4.90 Å². The number of rotatable bonds is 5. The van der Waals surface area contributed by atoms with Gasteiger partial charge in [0.1, 0.15) is 5.65 Å². The summed E-state index contributed by atoms with van der Waals surface area (Å²) in [5.41, 5.74) is 3.39. The molecule has 28 heavy (non-hydrogen) atoms. The van der Waals surface area contributed by atoms with Crippen LogP contribution in [-0.4, -0.2) is 58.4 Å². The van der Waals surface area contributed by atoms with Crippen molar-refractivity contribution in [2.75, 3.05) is 33.4 Å². The van der Waals surface area contributed by atoms with Gasteiger partial charge in [-0.25, -0.2) is 4.98 Å². The molecular weight excluding hydrogens is 352 g/mol. The van der Waals surface area contributed by atoms with Gasteiger partial charge in [-0.15, -0.1) is 0 Å². The van der Waals surface area contributed by atoms with Crippen molar-refractivity contribution in [2.45, 2.75) is 19.5 Å². The fraction of sp³-hybridized carbons (Fsp3) is 0.364. The lowest BCUT2D eigenvalue weighted by atomic mass is 10.2. The van der Waals surface area contributed by atoms with Gasteiger partial charge in [-0.2, -0.15) is 0 Å². The van der Waals surface area contributed by atoms with Crippen LogP contribution in [0.2, 0.25) is 0 Å². The number of hydrogen-bond acceptors (Lipinski definition) is 4. The largest absolute Gasteiger partial charge is 0.380 e. The molecule has 1 amide bonds. The van der Waals surface area contributed by atoms with Gasteiger partial charge >= 0.3 is 0 Å². The van der Waals surface area contributed by atoms with Crippen LogP contribution in [0.4, 0.5) is 0 Å². The third kappa shape index (κ3) is 4.08. The number of fused-ring (bicyclic) bond motifs is 1. The van der Waals surface area contributed by atoms with Crippen LogP contribution in [0, 0.1) is 0 Å². The summed E-state index contributed by atoms with van der Waals surface area (Å²) in [6.07, 6.45) is 2.99. The zero-order chi connectivity index (χ0) is 19.3. The van der Waals surface area contributed by atoms with Crippen molar-refractivity contribution < 1.29 is 9.53 Å². The Morgan fingerprint density at radius 2 is 1.93 bits per heavy atom. The number of nitrogens with zero attached hydrogens (tertiary/aromatic N) is 4. The van der Waals surface area contributed by atoms with Gasteiger partial charge in [0.25, 0.3) is 5.91 Å². The minimum Gasteiger partial charge on any atom is -0.380 e. The third-order valence-electron chi connectivity index (χ3n) is 5.13. The second kappa shape index (κ2) is 8.54. The highest BCUT2D eigenvalue weighted by Crippen LogP contribution is 2.18. The quantitative estimate of drug-likeness (QED) is 0.685. The van der Waals surface area contributed by atoms with Crippen molar-refractivity contribution in [3.05, 3.63) is 71.7 Å². The average Bonchev–Trinajstić information content (AvgIpc) is 2.88. The van der Waals surface area contributed by atoms with Gasteiger partial charge in [0.05, 0.1) is 12.3 Å². The molecule has 6 heteroatoms. The highest BCUT2D eigenvalue weighted by Gasteiger charge is 2.24. The molecule has 1 aromatic carbocycles. The first-order valence-corrected chi connectivity index (χ1v) is 9.78. The molecule has 4 rings (SSSR count). The summed E-state index contributed by atoms with van der Waals surface area (Å²) in [4.78, 5) is 22.0. The van der Waals surface area contributed by atoms with Crippen LogP contribution in [0.1, 0.15) is 28.2 Å². The van der Waals surface area contributed by atoms with E-state index in [4.69, 9.17) is 4.74 Å². The molecule has 0 radical (unpaired) electrons. The summed E-state index contributed by atoms with van der Waals surface area (Å²) in [6.45, 7) is 4.61. The van der Waals surface area contributed by atoms with E-state index in [9.17, 15) is 4.79 Å². The Hall–Kier alpha value is -2.70. The topological polar surface area (TPSA) is 50.1 Å². The SMILES string of the molecule is CN(Cc1ccccc1)C(=O)c1nc2ccccn2c1CN1CCCOCC1. The summed E-state index contributed by atoms with van der Waals surface area (Å²) in [5, 5.41) is 0. The van der Waals surface area contributed by atoms with Gasteiger partial charge in [0.15, 0.2) is 5.69 Å². The highest BCUT2D eigenvalue weighted by atomic mass is 16.5. The highest BCUT2D eigenvalue weighted by molar-refractivity contribution is 5.94. The van der Waals surface area contributed by atoms with Gasteiger partial charge in [-0.05, 0) is 24.1 Å². The molecule has 6 nitrogen and oxygen atoms in total. The van der Waals surface area contributed by atoms with Gasteiger partial charge in [0, 0.05) is 46.0 Å². The van der Waals surface area contributed by atoms with Gasteiger partial charge in [-0.1, -0.05) is 36.4 Å². The Morgan fingerprint density at radius 3 is 2.79 bits per heavy atom. The van der Waals surface area contributed by atoms with E-state index in [1.807, 2.05) is 66.2 Å². The molecule has 3 heterocycles. The molecule has 146 valence electrons. The first-order valence-electron chi connectivity index (χ1n) is 9.78. The second-order valence-electron chi connectivity index (χ2n) is 7.22. The molecule has 1 aliphatic heterocycles. The van der Waals surface area contributed by atoms with Crippen LogP contribution in [0.3, 0.4) is 0 Å². The molecule has 2 aromatic heterocycles. The average molecular weight is 378 g/mol. The number of carbonyl (C=O) groups is 1. The fourth-order valence-electron chi connectivity index (χ4n) is 3.65. The van der Waals surface area contributed by atoms with Gasteiger partial charge in [0.2, 0.25) is 0 Å². The minimum absolute atomic E-state index is 0.0476. The van der Waals surface area contributed by atoms with Crippen LogP contribution in [0.5, 0.6) is 0 Å². The predicted molar refractivity (Wildman–Crippen MR) is 108 cm³/mol. The molecule has 0 atom stereocenters. The molecular formula is C22H26N4O2. The number of amides is 1. The van der Waals surface area contributed by atoms with Crippen molar-refractivity contribution in [2.24, 2.45) is 0 Å². The summed E-state index contributed by atoms with van der Waals surface area (Å²) in [6, 6.07) is 15.9. The van der Waals surface area contributed by atoms with Gasteiger partial charge in [-0.3, -0.25) is 9.69 Å². The van der Waals surface area contributed by atoms with E-state index < -0.39 is 0 Å². The molecule has 1 fully saturated rings. The molecule has 0 spiro atoms. The molecule has 0 bridgehead atoms. The Bertz CT molecular complexity index is 930. The van der Waals surface area contributed by atoms with Crippen LogP contribution < -0.4 is 0 Å². The molecule has 1 aliphatic rings. The Balaban J connectivity index is 1.62. The van der Waals surface area contributed by atoms with E-state index in [-0.39, 0.29) is 5.91 Å². The maximum absolute atomic E-state index is 13.3. The number of ether oxygens (including phenoxy) is 1. The standard InChI is InChI=1S/C22H26N4O2/c1-24(16-18-8-3-2-4-9-18)22(27)21-19(17-25-11-7-14-28-15-13-25)26-12-6-5-10-20(26)23-21/h2-6,8-10,12H,7,11,13-17H2,1H3. The normalized spacial score (nSPS) is 15.5. The lowest BCUT2D eigenvalue weighted by Crippen LogP contribution is -2.30. The molecule has 0 N–H and O–H groups in total. The Labute approximate surface area is 165 Å². The van der Waals surface area contributed by atoms with Crippen LogP contribution >= 0.6 is 0 Å². The van der Waals surface area contributed by atoms with Crippen molar-refractivity contribution in [1.29, 1.82) is 0 Å². The van der Waals surface area contributed by atoms with E-state index in [1.165, 1.54) is 0 Å². The maximum atomic E-state index is 13.3. The first kappa shape index (κ1) is 18.7. The summed E-state index contributed by atoms with van der Waals surface area (Å²) >= 11 is 0. The summed E-state index contributed by atoms with van der Waals surface area (Å²) in [5.74, 6) is -0.0476. The maximum Gasteiger partial charge on any atom is 0.274 e. The lowest BCUT2D eigenvalue weighted by molar-refractivity contribution is 0.0777. The van der Waals surface area contributed by atoms with Crippen molar-refractivity contribution in [1.82, 2.24) is 19.2 Å². The number of benzene rings is 1. The second-order valence-corrected chi connectivity index (χ2v) is 7.22. The number of imidazole rings is 1. The monoisotopic (exact) mass is 378 g/mol. The van der Waals surface area contributed by atoms with Crippen molar-refractivity contribution in [3.8, 4) is 0 Å². The predicted octanol–water partition coefficient (Wildman–Crippen LogP) is 2.83. The first-order chi connectivity index (χ1) is 13.7. The van der Waals surface area contributed by atoms with Crippen LogP contribution in [-0.2, 0) is 17.8 Å². The fourth-order valence-corrected chi connectivity index (χ4v) is 3.65. The Kier molecular flexibility index (Phi) is 5.69. The summed E-state index contributed by atoms with van der Waals surface area (Å²) in [7, 11) is 1.84. The zero-order valence-electron chi connectivity index (χ0n) is 16.3. The molecule has 1 saturated heterocycles. The number of pyridine rings is 1. The third-order valence-corrected chi connectivity index (χ3v) is 5.13. The lowest BCUT2D eigenvalue weighted by Gasteiger charge is -2.21. The molecule has 0 aliphatic carbocycles. The molecule has 0 saturated carbocycles. The zero-order valence-corrected chi connectivity index (χ0v) is 16.3. The minimum atomic E-state index is -0.0476. The molecule has 3 aromatic rings.